The highest BCUT2D eigenvalue weighted by molar-refractivity contribution is 6.09. The predicted molar refractivity (Wildman–Crippen MR) is 114 cm³/mol. The third-order valence-corrected chi connectivity index (χ3v) is 5.63. The number of carbonyl (C=O) groups is 3. The van der Waals surface area contributed by atoms with E-state index in [0.29, 0.717) is 50.6 Å². The summed E-state index contributed by atoms with van der Waals surface area (Å²) in [6.45, 7) is 10.4. The summed E-state index contributed by atoms with van der Waals surface area (Å²) in [6, 6.07) is 6.36. The number of ether oxygens (including phenoxy) is 1. The number of aliphatic hydroxyl groups excluding tert-OH is 1. The molecule has 2 fully saturated rings. The van der Waals surface area contributed by atoms with Crippen molar-refractivity contribution < 1.29 is 24.2 Å². The number of hydrogen-bond donors (Lipinski definition) is 2. The average Bonchev–Trinajstić information content (AvgIpc) is 2.97. The molecule has 3 rings (SSSR count). The minimum atomic E-state index is -1.25. The number of hydrogen-bond acceptors (Lipinski definition) is 6. The molecule has 0 aliphatic carbocycles. The van der Waals surface area contributed by atoms with Gasteiger partial charge in [-0.25, -0.2) is 4.79 Å². The van der Waals surface area contributed by atoms with Gasteiger partial charge in [0.05, 0.1) is 6.61 Å². The molecule has 4 amide bonds. The molecule has 2 heterocycles. The van der Waals surface area contributed by atoms with E-state index in [4.69, 9.17) is 9.84 Å². The van der Waals surface area contributed by atoms with Crippen LogP contribution in [0.4, 0.5) is 4.79 Å². The van der Waals surface area contributed by atoms with Crippen LogP contribution in [0.2, 0.25) is 0 Å². The van der Waals surface area contributed by atoms with Crippen molar-refractivity contribution in [3.63, 3.8) is 0 Å². The average molecular weight is 431 g/mol. The Kier molecular flexibility index (Phi) is 6.97. The van der Waals surface area contributed by atoms with E-state index < -0.39 is 17.5 Å². The van der Waals surface area contributed by atoms with E-state index in [1.165, 1.54) is 0 Å². The van der Waals surface area contributed by atoms with Gasteiger partial charge in [0, 0.05) is 32.7 Å². The van der Waals surface area contributed by atoms with Gasteiger partial charge in [-0.05, 0) is 37.1 Å². The second-order valence-corrected chi connectivity index (χ2v) is 8.16. The zero-order chi connectivity index (χ0) is 22.6. The molecule has 0 spiro atoms. The molecule has 1 unspecified atom stereocenters. The van der Waals surface area contributed by atoms with E-state index in [0.717, 1.165) is 10.5 Å². The summed E-state index contributed by atoms with van der Waals surface area (Å²) < 4.78 is 5.58. The van der Waals surface area contributed by atoms with Crippen LogP contribution in [0.1, 0.15) is 19.4 Å². The normalized spacial score (nSPS) is 21.9. The summed E-state index contributed by atoms with van der Waals surface area (Å²) >= 11 is 0. The maximum atomic E-state index is 13.1. The Bertz CT molecular complexity index is 848. The molecule has 9 heteroatoms. The number of benzene rings is 1. The molecule has 2 saturated heterocycles. The fourth-order valence-electron chi connectivity index (χ4n) is 3.72. The Morgan fingerprint density at radius 2 is 1.84 bits per heavy atom. The molecular weight excluding hydrogens is 400 g/mol. The van der Waals surface area contributed by atoms with Crippen molar-refractivity contribution in [2.24, 2.45) is 0 Å². The molecule has 0 saturated carbocycles. The van der Waals surface area contributed by atoms with Gasteiger partial charge in [-0.2, -0.15) is 0 Å². The van der Waals surface area contributed by atoms with Crippen molar-refractivity contribution >= 4 is 17.8 Å². The van der Waals surface area contributed by atoms with Crippen LogP contribution in [-0.2, 0) is 15.1 Å². The van der Waals surface area contributed by atoms with Gasteiger partial charge in [-0.1, -0.05) is 18.7 Å². The third kappa shape index (κ3) is 5.05. The number of β-amino-alcohol motifs (C(OH)–C–C–N with tert-alkyl or cyclic N) is 1. The lowest BCUT2D eigenvalue weighted by Gasteiger charge is -2.34. The highest BCUT2D eigenvalue weighted by atomic mass is 16.5. The lowest BCUT2D eigenvalue weighted by Crippen LogP contribution is -2.52. The largest absolute Gasteiger partial charge is 0.489 e. The second-order valence-electron chi connectivity index (χ2n) is 8.16. The van der Waals surface area contributed by atoms with E-state index in [2.05, 4.69) is 16.8 Å². The van der Waals surface area contributed by atoms with Crippen LogP contribution in [0.15, 0.2) is 36.4 Å². The van der Waals surface area contributed by atoms with Crippen LogP contribution >= 0.6 is 0 Å². The molecule has 1 aromatic carbocycles. The minimum Gasteiger partial charge on any atom is -0.489 e. The van der Waals surface area contributed by atoms with Crippen LogP contribution in [0, 0.1) is 0 Å². The Labute approximate surface area is 182 Å². The first-order chi connectivity index (χ1) is 14.7. The number of imide groups is 1. The lowest BCUT2D eigenvalue weighted by atomic mass is 9.92. The molecule has 168 valence electrons. The molecule has 0 aromatic heterocycles. The van der Waals surface area contributed by atoms with E-state index >= 15 is 0 Å². The zero-order valence-electron chi connectivity index (χ0n) is 18.1. The highest BCUT2D eigenvalue weighted by Crippen LogP contribution is 2.30. The quantitative estimate of drug-likeness (QED) is 0.461. The SMILES string of the molecule is C=C(C)COc1ccc(C2(C)NC(=O)N(CC(=O)N3CCN(CCO)CC3)C2=O)cc1. The van der Waals surface area contributed by atoms with Crippen molar-refractivity contribution in [2.75, 3.05) is 52.5 Å². The molecule has 1 atom stereocenters. The van der Waals surface area contributed by atoms with E-state index in [-0.39, 0.29) is 19.1 Å². The minimum absolute atomic E-state index is 0.0793. The van der Waals surface area contributed by atoms with Crippen LogP contribution in [-0.4, -0.2) is 90.1 Å². The summed E-state index contributed by atoms with van der Waals surface area (Å²) in [7, 11) is 0. The highest BCUT2D eigenvalue weighted by Gasteiger charge is 2.49. The summed E-state index contributed by atoms with van der Waals surface area (Å²) in [5.41, 5.74) is 0.259. The van der Waals surface area contributed by atoms with Crippen molar-refractivity contribution in [1.82, 2.24) is 20.0 Å². The number of amides is 4. The Morgan fingerprint density at radius 1 is 1.19 bits per heavy atom. The number of piperazine rings is 1. The summed E-state index contributed by atoms with van der Waals surface area (Å²) in [6.07, 6.45) is 0. The first-order valence-electron chi connectivity index (χ1n) is 10.4. The molecule has 9 nitrogen and oxygen atoms in total. The molecule has 0 bridgehead atoms. The lowest BCUT2D eigenvalue weighted by molar-refractivity contribution is -0.139. The number of rotatable bonds is 8. The van der Waals surface area contributed by atoms with Gasteiger partial charge in [-0.15, -0.1) is 0 Å². The number of urea groups is 1. The van der Waals surface area contributed by atoms with E-state index in [1.807, 2.05) is 6.92 Å². The number of nitrogens with one attached hydrogen (secondary N) is 1. The Balaban J connectivity index is 1.63. The second kappa shape index (κ2) is 9.49. The Morgan fingerprint density at radius 3 is 2.42 bits per heavy atom. The molecule has 31 heavy (non-hydrogen) atoms. The monoisotopic (exact) mass is 430 g/mol. The van der Waals surface area contributed by atoms with Crippen LogP contribution in [0.5, 0.6) is 5.75 Å². The number of carbonyl (C=O) groups excluding carboxylic acids is 3. The predicted octanol–water partition coefficient (Wildman–Crippen LogP) is 0.545. The standard InChI is InChI=1S/C22H30N4O5/c1-16(2)15-31-18-6-4-17(5-7-18)22(3)20(29)26(21(30)23-22)14-19(28)25-10-8-24(9-11-25)12-13-27/h4-7,27H,1,8-15H2,2-3H3,(H,23,30). The van der Waals surface area contributed by atoms with Gasteiger partial charge in [-0.3, -0.25) is 19.4 Å². The fourth-order valence-corrected chi connectivity index (χ4v) is 3.72. The van der Waals surface area contributed by atoms with Crippen LogP contribution in [0.3, 0.4) is 0 Å². The van der Waals surface area contributed by atoms with Gasteiger partial charge in [0.25, 0.3) is 5.91 Å². The number of aliphatic hydroxyl groups is 1. The van der Waals surface area contributed by atoms with Gasteiger partial charge < -0.3 is 20.1 Å². The molecule has 2 N–H and O–H groups in total. The van der Waals surface area contributed by atoms with E-state index in [1.54, 1.807) is 36.1 Å². The fraction of sp³-hybridized carbons (Fsp3) is 0.500. The maximum absolute atomic E-state index is 13.1. The molecule has 2 aliphatic rings. The molecule has 2 aliphatic heterocycles. The number of nitrogens with zero attached hydrogens (tertiary/aromatic N) is 3. The molecular formula is C22H30N4O5. The molecule has 1 aromatic rings. The zero-order valence-corrected chi connectivity index (χ0v) is 18.1. The summed E-state index contributed by atoms with van der Waals surface area (Å²) in [4.78, 5) is 43.0. The third-order valence-electron chi connectivity index (χ3n) is 5.63. The van der Waals surface area contributed by atoms with E-state index in [9.17, 15) is 14.4 Å². The van der Waals surface area contributed by atoms with Crippen LogP contribution < -0.4 is 10.1 Å². The van der Waals surface area contributed by atoms with Crippen molar-refractivity contribution in [1.29, 1.82) is 0 Å². The van der Waals surface area contributed by atoms with Gasteiger partial charge in [0.2, 0.25) is 5.91 Å². The van der Waals surface area contributed by atoms with Crippen molar-refractivity contribution in [3.8, 4) is 5.75 Å². The van der Waals surface area contributed by atoms with Gasteiger partial charge >= 0.3 is 6.03 Å². The van der Waals surface area contributed by atoms with Crippen molar-refractivity contribution in [3.05, 3.63) is 42.0 Å². The Hall–Kier alpha value is -2.91. The topological polar surface area (TPSA) is 102 Å². The maximum Gasteiger partial charge on any atom is 0.325 e. The van der Waals surface area contributed by atoms with Gasteiger partial charge in [0.1, 0.15) is 24.4 Å². The molecule has 0 radical (unpaired) electrons. The van der Waals surface area contributed by atoms with Crippen LogP contribution in [0.25, 0.3) is 0 Å². The summed E-state index contributed by atoms with van der Waals surface area (Å²) in [5, 5.41) is 11.8. The summed E-state index contributed by atoms with van der Waals surface area (Å²) in [5.74, 6) is -0.0835. The van der Waals surface area contributed by atoms with Gasteiger partial charge in [0.15, 0.2) is 0 Å². The first kappa shape index (κ1) is 22.8. The van der Waals surface area contributed by atoms with Crippen molar-refractivity contribution in [2.45, 2.75) is 19.4 Å². The smallest absolute Gasteiger partial charge is 0.325 e. The first-order valence-corrected chi connectivity index (χ1v) is 10.4.